The van der Waals surface area contributed by atoms with Crippen LogP contribution in [0.25, 0.3) is 0 Å². The standard InChI is InChI=1S/C10H14O4/c11-6-9(12)10(13)14-7-8-4-2-1-3-5-8/h1-5,9-13H,6-7H2/t9-,10-/m1/s1. The third-order valence-electron chi connectivity index (χ3n) is 1.78. The topological polar surface area (TPSA) is 69.9 Å². The van der Waals surface area contributed by atoms with Crippen molar-refractivity contribution in [2.24, 2.45) is 0 Å². The van der Waals surface area contributed by atoms with Gasteiger partial charge < -0.3 is 20.1 Å². The minimum absolute atomic E-state index is 0.207. The van der Waals surface area contributed by atoms with Crippen molar-refractivity contribution in [2.75, 3.05) is 6.61 Å². The minimum atomic E-state index is -1.35. The Bertz CT molecular complexity index is 250. The fraction of sp³-hybridized carbons (Fsp3) is 0.400. The van der Waals surface area contributed by atoms with E-state index in [1.807, 2.05) is 30.3 Å². The fourth-order valence-corrected chi connectivity index (χ4v) is 0.957. The molecule has 0 aliphatic carbocycles. The summed E-state index contributed by atoms with van der Waals surface area (Å²) in [5, 5.41) is 26.6. The van der Waals surface area contributed by atoms with Gasteiger partial charge in [0.1, 0.15) is 6.10 Å². The number of hydrogen-bond acceptors (Lipinski definition) is 4. The number of rotatable bonds is 5. The third-order valence-corrected chi connectivity index (χ3v) is 1.78. The van der Waals surface area contributed by atoms with Crippen LogP contribution in [0.4, 0.5) is 0 Å². The zero-order valence-corrected chi connectivity index (χ0v) is 7.71. The molecule has 1 aromatic carbocycles. The summed E-state index contributed by atoms with van der Waals surface area (Å²) in [6.45, 7) is -0.310. The van der Waals surface area contributed by atoms with Gasteiger partial charge in [0.25, 0.3) is 0 Å². The molecule has 2 atom stereocenters. The van der Waals surface area contributed by atoms with Crippen LogP contribution >= 0.6 is 0 Å². The second-order valence-electron chi connectivity index (χ2n) is 2.94. The molecule has 4 heteroatoms. The van der Waals surface area contributed by atoms with Gasteiger partial charge in [-0.25, -0.2) is 0 Å². The molecule has 4 nitrogen and oxygen atoms in total. The van der Waals surface area contributed by atoms with Crippen LogP contribution in [0.2, 0.25) is 0 Å². The molecule has 0 radical (unpaired) electrons. The molecule has 0 unspecified atom stereocenters. The van der Waals surface area contributed by atoms with E-state index in [1.165, 1.54) is 0 Å². The van der Waals surface area contributed by atoms with Crippen LogP contribution in [0.5, 0.6) is 0 Å². The molecule has 0 saturated carbocycles. The molecule has 1 rings (SSSR count). The monoisotopic (exact) mass is 198 g/mol. The molecule has 0 aromatic heterocycles. The lowest BCUT2D eigenvalue weighted by Crippen LogP contribution is -2.31. The molecule has 78 valence electrons. The highest BCUT2D eigenvalue weighted by Crippen LogP contribution is 2.04. The minimum Gasteiger partial charge on any atom is -0.393 e. The van der Waals surface area contributed by atoms with Gasteiger partial charge in [-0.3, -0.25) is 0 Å². The molecule has 0 heterocycles. The Hall–Kier alpha value is -0.940. The molecule has 0 aliphatic heterocycles. The van der Waals surface area contributed by atoms with Crippen molar-refractivity contribution in [3.05, 3.63) is 35.9 Å². The van der Waals surface area contributed by atoms with Crippen LogP contribution in [0.3, 0.4) is 0 Å². The van der Waals surface area contributed by atoms with Gasteiger partial charge in [-0.15, -0.1) is 0 Å². The zero-order chi connectivity index (χ0) is 10.4. The van der Waals surface area contributed by atoms with Crippen LogP contribution < -0.4 is 0 Å². The summed E-state index contributed by atoms with van der Waals surface area (Å²) in [5.41, 5.74) is 0.900. The number of ether oxygens (including phenoxy) is 1. The number of aliphatic hydroxyl groups excluding tert-OH is 3. The molecule has 0 amide bonds. The summed E-state index contributed by atoms with van der Waals surface area (Å²) >= 11 is 0. The van der Waals surface area contributed by atoms with Crippen molar-refractivity contribution in [3.8, 4) is 0 Å². The number of hydrogen-bond donors (Lipinski definition) is 3. The number of benzene rings is 1. The fourth-order valence-electron chi connectivity index (χ4n) is 0.957. The first kappa shape index (κ1) is 11.1. The average molecular weight is 198 g/mol. The van der Waals surface area contributed by atoms with Crippen molar-refractivity contribution in [3.63, 3.8) is 0 Å². The van der Waals surface area contributed by atoms with Gasteiger partial charge in [-0.05, 0) is 5.56 Å². The normalized spacial score (nSPS) is 15.1. The van der Waals surface area contributed by atoms with Gasteiger partial charge in [0.05, 0.1) is 13.2 Å². The molecule has 0 aliphatic rings. The Labute approximate surface area is 82.4 Å². The van der Waals surface area contributed by atoms with Gasteiger partial charge >= 0.3 is 0 Å². The van der Waals surface area contributed by atoms with Crippen molar-refractivity contribution in [1.82, 2.24) is 0 Å². The summed E-state index contributed by atoms with van der Waals surface area (Å²) in [6.07, 6.45) is -2.60. The maximum atomic E-state index is 9.15. The van der Waals surface area contributed by atoms with E-state index < -0.39 is 19.0 Å². The van der Waals surface area contributed by atoms with E-state index in [9.17, 15) is 0 Å². The van der Waals surface area contributed by atoms with E-state index in [0.717, 1.165) is 5.56 Å². The predicted octanol–water partition coefficient (Wildman–Crippen LogP) is -0.125. The first-order valence-corrected chi connectivity index (χ1v) is 4.36. The Morgan fingerprint density at radius 2 is 1.79 bits per heavy atom. The third kappa shape index (κ3) is 3.43. The van der Waals surface area contributed by atoms with Crippen molar-refractivity contribution < 1.29 is 20.1 Å². The van der Waals surface area contributed by atoms with Crippen LogP contribution in [-0.4, -0.2) is 34.3 Å². The lowest BCUT2D eigenvalue weighted by Gasteiger charge is -2.15. The summed E-state index contributed by atoms with van der Waals surface area (Å²) in [6, 6.07) is 9.28. The predicted molar refractivity (Wildman–Crippen MR) is 50.3 cm³/mol. The van der Waals surface area contributed by atoms with Crippen molar-refractivity contribution in [2.45, 2.75) is 19.0 Å². The Kier molecular flexibility index (Phi) is 4.55. The lowest BCUT2D eigenvalue weighted by molar-refractivity contribution is -0.177. The molecule has 3 N–H and O–H groups in total. The van der Waals surface area contributed by atoms with Crippen molar-refractivity contribution >= 4 is 0 Å². The summed E-state index contributed by atoms with van der Waals surface area (Å²) in [7, 11) is 0. The Morgan fingerprint density at radius 3 is 2.36 bits per heavy atom. The van der Waals surface area contributed by atoms with Crippen LogP contribution in [0, 0.1) is 0 Å². The maximum Gasteiger partial charge on any atom is 0.183 e. The number of aliphatic hydroxyl groups is 3. The quantitative estimate of drug-likeness (QED) is 0.577. The molecule has 1 aromatic rings. The summed E-state index contributed by atoms with van der Waals surface area (Å²) < 4.78 is 4.93. The van der Waals surface area contributed by atoms with E-state index >= 15 is 0 Å². The first-order valence-electron chi connectivity index (χ1n) is 4.36. The second kappa shape index (κ2) is 5.72. The Balaban J connectivity index is 2.34. The molecular formula is C10H14O4. The zero-order valence-electron chi connectivity index (χ0n) is 7.71. The van der Waals surface area contributed by atoms with E-state index in [4.69, 9.17) is 20.1 Å². The molecule has 0 fully saturated rings. The molecule has 14 heavy (non-hydrogen) atoms. The molecule has 0 bridgehead atoms. The molecular weight excluding hydrogens is 184 g/mol. The smallest absolute Gasteiger partial charge is 0.183 e. The SMILES string of the molecule is OC[C@@H](O)[C@H](O)OCc1ccccc1. The van der Waals surface area contributed by atoms with Gasteiger partial charge in [0.15, 0.2) is 6.29 Å². The highest BCUT2D eigenvalue weighted by Gasteiger charge is 2.14. The highest BCUT2D eigenvalue weighted by atomic mass is 16.6. The highest BCUT2D eigenvalue weighted by molar-refractivity contribution is 5.13. The lowest BCUT2D eigenvalue weighted by atomic mass is 10.2. The largest absolute Gasteiger partial charge is 0.393 e. The van der Waals surface area contributed by atoms with Crippen molar-refractivity contribution in [1.29, 1.82) is 0 Å². The van der Waals surface area contributed by atoms with Crippen LogP contribution in [0.15, 0.2) is 30.3 Å². The van der Waals surface area contributed by atoms with Gasteiger partial charge in [0, 0.05) is 0 Å². The Morgan fingerprint density at radius 1 is 1.14 bits per heavy atom. The van der Waals surface area contributed by atoms with E-state index in [0.29, 0.717) is 0 Å². The van der Waals surface area contributed by atoms with E-state index in [2.05, 4.69) is 0 Å². The van der Waals surface area contributed by atoms with Crippen LogP contribution in [0.1, 0.15) is 5.56 Å². The van der Waals surface area contributed by atoms with Crippen LogP contribution in [-0.2, 0) is 11.3 Å². The maximum absolute atomic E-state index is 9.15. The first-order chi connectivity index (χ1) is 6.74. The van der Waals surface area contributed by atoms with E-state index in [1.54, 1.807) is 0 Å². The summed E-state index contributed by atoms with van der Waals surface area (Å²) in [4.78, 5) is 0. The average Bonchev–Trinajstić information content (AvgIpc) is 2.26. The van der Waals surface area contributed by atoms with E-state index in [-0.39, 0.29) is 6.61 Å². The molecule has 0 spiro atoms. The van der Waals surface area contributed by atoms with Gasteiger partial charge in [-0.1, -0.05) is 30.3 Å². The van der Waals surface area contributed by atoms with Gasteiger partial charge in [-0.2, -0.15) is 0 Å². The molecule has 0 saturated heterocycles. The second-order valence-corrected chi connectivity index (χ2v) is 2.94. The summed E-state index contributed by atoms with van der Waals surface area (Å²) in [5.74, 6) is 0. The van der Waals surface area contributed by atoms with Gasteiger partial charge in [0.2, 0.25) is 0 Å².